The first-order valence-corrected chi connectivity index (χ1v) is 10.9. The molecule has 0 radical (unpaired) electrons. The van der Waals surface area contributed by atoms with Crippen molar-refractivity contribution in [3.63, 3.8) is 0 Å². The molecule has 0 amide bonds. The molecule has 3 aromatic carbocycles. The lowest BCUT2D eigenvalue weighted by Gasteiger charge is -2.44. The number of nitrogens with one attached hydrogen (secondary N) is 1. The Labute approximate surface area is 194 Å². The SMILES string of the molecule is Fc1ccc(COC2CNCCC2(OCc2ccc(F)cc2F)c2ccc(Cl)cc2)c(F)c1. The van der Waals surface area contributed by atoms with Crippen molar-refractivity contribution in [1.29, 1.82) is 0 Å². The van der Waals surface area contributed by atoms with Crippen LogP contribution in [0, 0.1) is 23.3 Å². The molecule has 4 rings (SSSR count). The zero-order valence-corrected chi connectivity index (χ0v) is 18.3. The molecule has 2 unspecified atom stereocenters. The number of piperidine rings is 1. The van der Waals surface area contributed by atoms with Gasteiger partial charge in [0, 0.05) is 34.8 Å². The zero-order valence-electron chi connectivity index (χ0n) is 17.6. The maximum atomic E-state index is 14.3. The van der Waals surface area contributed by atoms with Crippen LogP contribution in [0.15, 0.2) is 60.7 Å². The van der Waals surface area contributed by atoms with E-state index in [9.17, 15) is 17.6 Å². The minimum atomic E-state index is -1.01. The highest BCUT2D eigenvalue weighted by Gasteiger charge is 2.44. The van der Waals surface area contributed by atoms with E-state index in [1.54, 1.807) is 12.1 Å². The van der Waals surface area contributed by atoms with Crippen LogP contribution in [0.5, 0.6) is 0 Å². The summed E-state index contributed by atoms with van der Waals surface area (Å²) < 4.78 is 67.4. The first-order chi connectivity index (χ1) is 15.9. The van der Waals surface area contributed by atoms with Gasteiger partial charge in [-0.05, 0) is 42.8 Å². The van der Waals surface area contributed by atoms with Crippen LogP contribution in [0.2, 0.25) is 5.02 Å². The van der Waals surface area contributed by atoms with Crippen LogP contribution in [0.3, 0.4) is 0 Å². The second-order valence-corrected chi connectivity index (χ2v) is 8.35. The Bertz CT molecular complexity index is 1110. The molecule has 0 aromatic heterocycles. The Morgan fingerprint density at radius 3 is 2.06 bits per heavy atom. The minimum Gasteiger partial charge on any atom is -0.369 e. The average molecular weight is 480 g/mol. The molecule has 2 atom stereocenters. The predicted molar refractivity (Wildman–Crippen MR) is 117 cm³/mol. The van der Waals surface area contributed by atoms with Crippen LogP contribution in [0.25, 0.3) is 0 Å². The molecule has 3 nitrogen and oxygen atoms in total. The van der Waals surface area contributed by atoms with Crippen molar-refractivity contribution in [3.8, 4) is 0 Å². The molecule has 0 aliphatic carbocycles. The van der Waals surface area contributed by atoms with Crippen molar-refractivity contribution >= 4 is 11.6 Å². The Morgan fingerprint density at radius 1 is 0.848 bits per heavy atom. The van der Waals surface area contributed by atoms with E-state index in [1.807, 2.05) is 12.1 Å². The van der Waals surface area contributed by atoms with Gasteiger partial charge in [0.05, 0.1) is 13.2 Å². The highest BCUT2D eigenvalue weighted by molar-refractivity contribution is 6.30. The maximum Gasteiger partial charge on any atom is 0.131 e. The molecule has 1 aliphatic heterocycles. The number of hydrogen-bond donors (Lipinski definition) is 1. The quantitative estimate of drug-likeness (QED) is 0.429. The number of rotatable bonds is 7. The molecule has 0 spiro atoms. The van der Waals surface area contributed by atoms with Crippen LogP contribution in [0.4, 0.5) is 17.6 Å². The monoisotopic (exact) mass is 479 g/mol. The summed E-state index contributed by atoms with van der Waals surface area (Å²) in [6.07, 6.45) is -0.103. The molecule has 1 saturated heterocycles. The number of ether oxygens (including phenoxy) is 2. The third-order valence-electron chi connectivity index (χ3n) is 5.81. The van der Waals surface area contributed by atoms with Crippen LogP contribution >= 0.6 is 11.6 Å². The topological polar surface area (TPSA) is 30.5 Å². The first-order valence-electron chi connectivity index (χ1n) is 10.5. The number of hydrogen-bond acceptors (Lipinski definition) is 3. The van der Waals surface area contributed by atoms with E-state index in [0.717, 1.165) is 17.7 Å². The van der Waals surface area contributed by atoms with Crippen molar-refractivity contribution in [2.75, 3.05) is 13.1 Å². The van der Waals surface area contributed by atoms with Gasteiger partial charge in [0.1, 0.15) is 35.0 Å². The number of benzene rings is 3. The van der Waals surface area contributed by atoms with Crippen molar-refractivity contribution in [3.05, 3.63) is 106 Å². The van der Waals surface area contributed by atoms with E-state index < -0.39 is 35.0 Å². The maximum absolute atomic E-state index is 14.3. The van der Waals surface area contributed by atoms with Gasteiger partial charge in [-0.3, -0.25) is 0 Å². The van der Waals surface area contributed by atoms with Crippen LogP contribution in [-0.2, 0) is 28.3 Å². The van der Waals surface area contributed by atoms with Crippen molar-refractivity contribution in [2.45, 2.75) is 31.3 Å². The Balaban J connectivity index is 1.63. The molecule has 1 aliphatic rings. The lowest BCUT2D eigenvalue weighted by atomic mass is 9.82. The Morgan fingerprint density at radius 2 is 1.45 bits per heavy atom. The van der Waals surface area contributed by atoms with Crippen molar-refractivity contribution in [1.82, 2.24) is 5.32 Å². The normalized spacial score (nSPS) is 20.7. The summed E-state index contributed by atoms with van der Waals surface area (Å²) in [7, 11) is 0. The van der Waals surface area contributed by atoms with Crippen LogP contribution in [-0.4, -0.2) is 19.2 Å². The molecule has 0 bridgehead atoms. The van der Waals surface area contributed by atoms with Gasteiger partial charge in [-0.25, -0.2) is 17.6 Å². The third-order valence-corrected chi connectivity index (χ3v) is 6.06. The molecule has 8 heteroatoms. The smallest absolute Gasteiger partial charge is 0.131 e. The summed E-state index contributed by atoms with van der Waals surface area (Å²) in [6.45, 7) is 0.748. The minimum absolute atomic E-state index is 0.109. The van der Waals surface area contributed by atoms with E-state index in [2.05, 4.69) is 5.32 Å². The van der Waals surface area contributed by atoms with Crippen LogP contribution in [0.1, 0.15) is 23.1 Å². The molecule has 1 heterocycles. The second-order valence-electron chi connectivity index (χ2n) is 7.91. The fourth-order valence-electron chi connectivity index (χ4n) is 4.01. The van der Waals surface area contributed by atoms with E-state index >= 15 is 0 Å². The fraction of sp³-hybridized carbons (Fsp3) is 0.280. The zero-order chi connectivity index (χ0) is 23.4. The Kier molecular flexibility index (Phi) is 7.34. The van der Waals surface area contributed by atoms with Gasteiger partial charge in [-0.2, -0.15) is 0 Å². The highest BCUT2D eigenvalue weighted by atomic mass is 35.5. The van der Waals surface area contributed by atoms with Gasteiger partial charge in [0.25, 0.3) is 0 Å². The van der Waals surface area contributed by atoms with E-state index in [-0.39, 0.29) is 24.3 Å². The molecule has 1 N–H and O–H groups in total. The third kappa shape index (κ3) is 5.38. The molecular formula is C25H22ClF4NO2. The summed E-state index contributed by atoms with van der Waals surface area (Å²) in [4.78, 5) is 0. The summed E-state index contributed by atoms with van der Waals surface area (Å²) in [5, 5.41) is 3.78. The summed E-state index contributed by atoms with van der Waals surface area (Å²) in [6, 6.07) is 13.7. The summed E-state index contributed by atoms with van der Waals surface area (Å²) in [5.74, 6) is -2.75. The second kappa shape index (κ2) is 10.2. The average Bonchev–Trinajstić information content (AvgIpc) is 2.79. The summed E-state index contributed by atoms with van der Waals surface area (Å²) >= 11 is 6.07. The van der Waals surface area contributed by atoms with E-state index in [0.29, 0.717) is 24.5 Å². The lowest BCUT2D eigenvalue weighted by Crippen LogP contribution is -2.54. The fourth-order valence-corrected chi connectivity index (χ4v) is 4.14. The largest absolute Gasteiger partial charge is 0.369 e. The lowest BCUT2D eigenvalue weighted by molar-refractivity contribution is -0.177. The van der Waals surface area contributed by atoms with E-state index in [1.165, 1.54) is 24.3 Å². The first kappa shape index (κ1) is 23.7. The van der Waals surface area contributed by atoms with Gasteiger partial charge in [0.15, 0.2) is 0 Å². The molecule has 174 valence electrons. The predicted octanol–water partition coefficient (Wildman–Crippen LogP) is 5.89. The highest BCUT2D eigenvalue weighted by Crippen LogP contribution is 2.39. The van der Waals surface area contributed by atoms with Crippen LogP contribution < -0.4 is 5.32 Å². The molecule has 33 heavy (non-hydrogen) atoms. The molecule has 3 aromatic rings. The Hall–Kier alpha value is -2.45. The van der Waals surface area contributed by atoms with Gasteiger partial charge in [0.2, 0.25) is 0 Å². The van der Waals surface area contributed by atoms with Crippen molar-refractivity contribution in [2.24, 2.45) is 0 Å². The summed E-state index contributed by atoms with van der Waals surface area (Å²) in [5.41, 5.74) is 0.163. The standard InChI is InChI=1S/C25H22ClF4NO2/c26-19-5-3-18(4-6-19)25(33-15-17-2-8-21(28)12-23(17)30)9-10-31-13-24(25)32-14-16-1-7-20(27)11-22(16)29/h1-8,11-12,24,31H,9-10,13-15H2. The van der Waals surface area contributed by atoms with E-state index in [4.69, 9.17) is 21.1 Å². The van der Waals surface area contributed by atoms with Gasteiger partial charge in [-0.15, -0.1) is 0 Å². The van der Waals surface area contributed by atoms with Gasteiger partial charge < -0.3 is 14.8 Å². The molecular weight excluding hydrogens is 458 g/mol. The number of halogens is 5. The molecule has 1 fully saturated rings. The van der Waals surface area contributed by atoms with Crippen molar-refractivity contribution < 1.29 is 27.0 Å². The van der Waals surface area contributed by atoms with Gasteiger partial charge >= 0.3 is 0 Å². The molecule has 0 saturated carbocycles. The van der Waals surface area contributed by atoms with Gasteiger partial charge in [-0.1, -0.05) is 35.9 Å².